The van der Waals surface area contributed by atoms with Crippen LogP contribution < -0.4 is 0 Å². The van der Waals surface area contributed by atoms with Gasteiger partial charge >= 0.3 is 0 Å². The molecule has 1 saturated heterocycles. The molecule has 0 spiro atoms. The van der Waals surface area contributed by atoms with Gasteiger partial charge in [-0.1, -0.05) is 36.4 Å². The van der Waals surface area contributed by atoms with Crippen molar-refractivity contribution in [1.82, 2.24) is 4.90 Å². The van der Waals surface area contributed by atoms with Crippen molar-refractivity contribution in [2.75, 3.05) is 19.7 Å². The van der Waals surface area contributed by atoms with E-state index in [0.29, 0.717) is 37.1 Å². The van der Waals surface area contributed by atoms with Crippen LogP contribution in [-0.4, -0.2) is 46.0 Å². The lowest BCUT2D eigenvalue weighted by Gasteiger charge is -2.44. The summed E-state index contributed by atoms with van der Waals surface area (Å²) in [6.07, 6.45) is 0.111. The fraction of sp³-hybridized carbons (Fsp3) is 0.357. The van der Waals surface area contributed by atoms with Crippen molar-refractivity contribution in [2.24, 2.45) is 0 Å². The molecular weight excluding hydrogens is 455 g/mol. The van der Waals surface area contributed by atoms with E-state index in [4.69, 9.17) is 0 Å². The zero-order chi connectivity index (χ0) is 25.0. The highest BCUT2D eigenvalue weighted by molar-refractivity contribution is 5.26. The number of rotatable bonds is 8. The molecule has 1 aliphatic rings. The van der Waals surface area contributed by atoms with Gasteiger partial charge < -0.3 is 15.3 Å². The summed E-state index contributed by atoms with van der Waals surface area (Å²) in [5.74, 6) is -1.49. The second kappa shape index (κ2) is 10.9. The molecule has 4 rings (SSSR count). The molecule has 1 fully saturated rings. The molecule has 3 aromatic rings. The molecule has 35 heavy (non-hydrogen) atoms. The van der Waals surface area contributed by atoms with Gasteiger partial charge in [0.05, 0.1) is 18.3 Å². The summed E-state index contributed by atoms with van der Waals surface area (Å²) in [6, 6.07) is 17.1. The number of hydrogen-bond donors (Lipinski definition) is 3. The van der Waals surface area contributed by atoms with E-state index >= 15 is 0 Å². The molecular formula is C28H30F3NO3. The van der Waals surface area contributed by atoms with Crippen molar-refractivity contribution in [3.05, 3.63) is 107 Å². The maximum atomic E-state index is 13.6. The molecule has 0 radical (unpaired) electrons. The lowest BCUT2D eigenvalue weighted by Crippen LogP contribution is -2.50. The summed E-state index contributed by atoms with van der Waals surface area (Å²) in [5, 5.41) is 32.5. The number of halogens is 3. The first-order valence-electron chi connectivity index (χ1n) is 11.8. The fourth-order valence-corrected chi connectivity index (χ4v) is 5.06. The van der Waals surface area contributed by atoms with Gasteiger partial charge in [-0.05, 0) is 72.4 Å². The Morgan fingerprint density at radius 1 is 0.743 bits per heavy atom. The molecule has 0 saturated carbocycles. The topological polar surface area (TPSA) is 63.9 Å². The van der Waals surface area contributed by atoms with Gasteiger partial charge in [0.2, 0.25) is 0 Å². The zero-order valence-electron chi connectivity index (χ0n) is 19.3. The van der Waals surface area contributed by atoms with Crippen LogP contribution in [0.4, 0.5) is 13.2 Å². The Balaban J connectivity index is 1.55. The summed E-state index contributed by atoms with van der Waals surface area (Å²) in [6.45, 7) is 0.750. The van der Waals surface area contributed by atoms with Crippen LogP contribution in [0.3, 0.4) is 0 Å². The molecule has 1 heterocycles. The van der Waals surface area contributed by atoms with Gasteiger partial charge in [-0.2, -0.15) is 0 Å². The van der Waals surface area contributed by atoms with Crippen molar-refractivity contribution in [2.45, 2.75) is 42.9 Å². The molecule has 1 aliphatic heterocycles. The summed E-state index contributed by atoms with van der Waals surface area (Å²) in [5.41, 5.74) is 0.884. The zero-order valence-corrected chi connectivity index (χ0v) is 19.3. The van der Waals surface area contributed by atoms with Gasteiger partial charge in [0.1, 0.15) is 17.5 Å². The molecule has 3 unspecified atom stereocenters. The highest BCUT2D eigenvalue weighted by atomic mass is 19.1. The van der Waals surface area contributed by atoms with Gasteiger partial charge in [-0.15, -0.1) is 0 Å². The Hall–Kier alpha value is -2.71. The first-order chi connectivity index (χ1) is 16.8. The van der Waals surface area contributed by atoms with Gasteiger partial charge in [0.15, 0.2) is 0 Å². The van der Waals surface area contributed by atoms with Crippen molar-refractivity contribution >= 4 is 0 Å². The van der Waals surface area contributed by atoms with E-state index in [1.165, 1.54) is 48.5 Å². The van der Waals surface area contributed by atoms with Crippen LogP contribution in [0.15, 0.2) is 72.8 Å². The normalized spacial score (nSPS) is 18.7. The van der Waals surface area contributed by atoms with Crippen LogP contribution in [-0.2, 0) is 5.60 Å². The van der Waals surface area contributed by atoms with Crippen molar-refractivity contribution in [3.63, 3.8) is 0 Å². The Bertz CT molecular complexity index is 1080. The minimum Gasteiger partial charge on any atom is -0.395 e. The van der Waals surface area contributed by atoms with Crippen molar-refractivity contribution in [3.8, 4) is 0 Å². The Morgan fingerprint density at radius 2 is 1.20 bits per heavy atom. The van der Waals surface area contributed by atoms with E-state index in [-0.39, 0.29) is 30.6 Å². The van der Waals surface area contributed by atoms with Gasteiger partial charge in [-0.25, -0.2) is 13.2 Å². The van der Waals surface area contributed by atoms with Gasteiger partial charge in [-0.3, -0.25) is 4.90 Å². The summed E-state index contributed by atoms with van der Waals surface area (Å²) in [4.78, 5) is 2.07. The molecule has 0 amide bonds. The fourth-order valence-electron chi connectivity index (χ4n) is 5.06. The number of likely N-dealkylation sites (tertiary alicyclic amines) is 1. The van der Waals surface area contributed by atoms with Crippen molar-refractivity contribution in [1.29, 1.82) is 0 Å². The lowest BCUT2D eigenvalue weighted by molar-refractivity contribution is -0.0469. The number of aliphatic hydroxyl groups is 3. The van der Waals surface area contributed by atoms with Crippen LogP contribution in [0.5, 0.6) is 0 Å². The molecule has 3 N–H and O–H groups in total. The Morgan fingerprint density at radius 3 is 1.69 bits per heavy atom. The van der Waals surface area contributed by atoms with Crippen LogP contribution in [0, 0.1) is 17.5 Å². The molecule has 0 aromatic heterocycles. The average Bonchev–Trinajstić information content (AvgIpc) is 2.86. The quantitative estimate of drug-likeness (QED) is 0.435. The number of piperidine rings is 1. The number of nitrogens with zero attached hydrogens (tertiary/aromatic N) is 1. The van der Waals surface area contributed by atoms with Crippen molar-refractivity contribution < 1.29 is 28.5 Å². The first kappa shape index (κ1) is 25.4. The van der Waals surface area contributed by atoms with Crippen LogP contribution in [0.1, 0.15) is 48.0 Å². The highest BCUT2D eigenvalue weighted by Crippen LogP contribution is 2.38. The number of aliphatic hydroxyl groups excluding tert-OH is 2. The minimum absolute atomic E-state index is 0.201. The van der Waals surface area contributed by atoms with E-state index in [2.05, 4.69) is 4.90 Å². The SMILES string of the molecule is OCC(C(CC(O)c1ccc(F)cc1)c1ccc(F)cc1)N1CCC(O)(c2ccc(F)cc2)CC1. The van der Waals surface area contributed by atoms with E-state index < -0.39 is 23.6 Å². The van der Waals surface area contributed by atoms with Crippen LogP contribution >= 0.6 is 0 Å². The number of benzene rings is 3. The Kier molecular flexibility index (Phi) is 7.91. The summed E-state index contributed by atoms with van der Waals surface area (Å²) in [7, 11) is 0. The summed E-state index contributed by atoms with van der Waals surface area (Å²) >= 11 is 0. The van der Waals surface area contributed by atoms with E-state index in [0.717, 1.165) is 5.56 Å². The monoisotopic (exact) mass is 485 g/mol. The average molecular weight is 486 g/mol. The first-order valence-corrected chi connectivity index (χ1v) is 11.8. The molecule has 7 heteroatoms. The van der Waals surface area contributed by atoms with E-state index in [1.807, 2.05) is 0 Å². The second-order valence-electron chi connectivity index (χ2n) is 9.29. The predicted molar refractivity (Wildman–Crippen MR) is 127 cm³/mol. The summed E-state index contributed by atoms with van der Waals surface area (Å²) < 4.78 is 40.3. The smallest absolute Gasteiger partial charge is 0.123 e. The molecule has 0 bridgehead atoms. The standard InChI is InChI=1S/C28H30F3NO3/c29-22-7-1-19(2-8-22)25(17-27(34)20-3-9-23(30)10-4-20)26(18-33)32-15-13-28(35,14-16-32)21-5-11-24(31)12-6-21/h1-12,25-27,33-35H,13-18H2. The maximum Gasteiger partial charge on any atom is 0.123 e. The van der Waals surface area contributed by atoms with E-state index in [1.54, 1.807) is 24.3 Å². The second-order valence-corrected chi connectivity index (χ2v) is 9.29. The third kappa shape index (κ3) is 5.93. The Labute approximate surface area is 203 Å². The molecule has 3 aromatic carbocycles. The minimum atomic E-state index is -1.09. The van der Waals surface area contributed by atoms with Crippen LogP contribution in [0.25, 0.3) is 0 Å². The highest BCUT2D eigenvalue weighted by Gasteiger charge is 2.38. The molecule has 0 aliphatic carbocycles. The third-order valence-corrected chi connectivity index (χ3v) is 7.16. The van der Waals surface area contributed by atoms with Gasteiger partial charge in [0.25, 0.3) is 0 Å². The molecule has 186 valence electrons. The van der Waals surface area contributed by atoms with Crippen LogP contribution in [0.2, 0.25) is 0 Å². The maximum absolute atomic E-state index is 13.6. The molecule has 4 nitrogen and oxygen atoms in total. The predicted octanol–water partition coefficient (Wildman–Crippen LogP) is 4.66. The lowest BCUT2D eigenvalue weighted by atomic mass is 9.80. The number of hydrogen-bond acceptors (Lipinski definition) is 4. The molecule has 3 atom stereocenters. The largest absolute Gasteiger partial charge is 0.395 e. The third-order valence-electron chi connectivity index (χ3n) is 7.16. The van der Waals surface area contributed by atoms with Gasteiger partial charge in [0, 0.05) is 25.0 Å². The van der Waals surface area contributed by atoms with E-state index in [9.17, 15) is 28.5 Å².